The van der Waals surface area contributed by atoms with E-state index in [0.29, 0.717) is 51.4 Å². The number of aliphatic hydroxyl groups excluding tert-OH is 2. The maximum atomic E-state index is 14.4. The fourth-order valence-electron chi connectivity index (χ4n) is 9.48. The van der Waals surface area contributed by atoms with E-state index in [1.807, 2.05) is 24.0 Å². The van der Waals surface area contributed by atoms with Gasteiger partial charge in [-0.2, -0.15) is 0 Å². The summed E-state index contributed by atoms with van der Waals surface area (Å²) in [5.74, 6) is -0.0641. The second-order valence-electron chi connectivity index (χ2n) is 16.3. The van der Waals surface area contributed by atoms with Crippen molar-refractivity contribution in [3.05, 3.63) is 60.7 Å². The molecule has 58 heavy (non-hydrogen) atoms. The molecule has 1 aromatic carbocycles. The molecule has 1 amide bonds. The van der Waals surface area contributed by atoms with Gasteiger partial charge in [0.2, 0.25) is 5.79 Å². The third kappa shape index (κ3) is 12.6. The zero-order valence-corrected chi connectivity index (χ0v) is 36.2. The minimum Gasteiger partial charge on any atom is -0.490 e. The zero-order chi connectivity index (χ0) is 41.6. The maximum absolute atomic E-state index is 14.4. The van der Waals surface area contributed by atoms with Gasteiger partial charge in [0, 0.05) is 37.7 Å². The first-order valence-corrected chi connectivity index (χ1v) is 22.8. The zero-order valence-electron chi connectivity index (χ0n) is 36.2. The van der Waals surface area contributed by atoms with E-state index in [1.165, 1.54) is 44.9 Å². The molecular weight excluding hydrogens is 733 g/mol. The Morgan fingerprint density at radius 2 is 1.59 bits per heavy atom. The number of ether oxygens (including phenoxy) is 4. The molecular formula is C48H76N2O8. The molecule has 0 aromatic heterocycles. The summed E-state index contributed by atoms with van der Waals surface area (Å²) in [6, 6.07) is 5.40. The van der Waals surface area contributed by atoms with Crippen LogP contribution in [0.3, 0.4) is 0 Å². The first-order chi connectivity index (χ1) is 28.4. The van der Waals surface area contributed by atoms with Gasteiger partial charge in [0.15, 0.2) is 0 Å². The summed E-state index contributed by atoms with van der Waals surface area (Å²) in [5.41, 5.74) is 2.83. The van der Waals surface area contributed by atoms with E-state index in [-0.39, 0.29) is 49.6 Å². The Kier molecular flexibility index (Phi) is 21.2. The quantitative estimate of drug-likeness (QED) is 0.0448. The minimum absolute atomic E-state index is 0.112. The van der Waals surface area contributed by atoms with Crippen LogP contribution < -0.4 is 9.47 Å². The van der Waals surface area contributed by atoms with Gasteiger partial charge in [-0.05, 0) is 81.1 Å². The van der Waals surface area contributed by atoms with E-state index in [1.54, 1.807) is 12.2 Å². The number of nitrogens with zero attached hydrogens (tertiary/aromatic N) is 2. The highest BCUT2D eigenvalue weighted by molar-refractivity contribution is 6.02. The molecule has 6 unspecified atom stereocenters. The van der Waals surface area contributed by atoms with E-state index in [9.17, 15) is 15.0 Å². The molecule has 0 spiro atoms. The van der Waals surface area contributed by atoms with Crippen LogP contribution in [0.1, 0.15) is 148 Å². The summed E-state index contributed by atoms with van der Waals surface area (Å²) in [7, 11) is 0. The smallest absolute Gasteiger partial charge is 0.410 e. The third-order valence-corrected chi connectivity index (χ3v) is 12.1. The Balaban J connectivity index is 1.77. The van der Waals surface area contributed by atoms with Gasteiger partial charge in [-0.25, -0.2) is 4.79 Å². The Labute approximate surface area is 350 Å². The molecule has 1 saturated carbocycles. The van der Waals surface area contributed by atoms with Crippen molar-refractivity contribution in [2.75, 3.05) is 46.2 Å². The number of aliphatic hydroxyl groups is 2. The van der Waals surface area contributed by atoms with Crippen LogP contribution in [0.25, 0.3) is 0 Å². The van der Waals surface area contributed by atoms with Crippen LogP contribution in [-0.4, -0.2) is 84.9 Å². The number of oxime groups is 1. The average Bonchev–Trinajstić information content (AvgIpc) is 3.23. The van der Waals surface area contributed by atoms with Crippen molar-refractivity contribution in [2.45, 2.75) is 154 Å². The molecule has 1 heterocycles. The molecule has 4 rings (SSSR count). The molecule has 10 heteroatoms. The summed E-state index contributed by atoms with van der Waals surface area (Å²) in [5, 5.41) is 24.5. The molecule has 10 nitrogen and oxygen atoms in total. The molecule has 2 aliphatic carbocycles. The molecule has 1 aromatic rings. The number of rotatable bonds is 30. The molecule has 0 bridgehead atoms. The largest absolute Gasteiger partial charge is 0.490 e. The molecule has 326 valence electrons. The normalized spacial score (nSPS) is 23.9. The number of benzene rings is 1. The van der Waals surface area contributed by atoms with Crippen molar-refractivity contribution in [3.63, 3.8) is 0 Å². The van der Waals surface area contributed by atoms with Crippen molar-refractivity contribution in [2.24, 2.45) is 22.9 Å². The van der Waals surface area contributed by atoms with E-state index >= 15 is 0 Å². The Hall–Kier alpha value is -3.34. The van der Waals surface area contributed by atoms with E-state index in [2.05, 4.69) is 39.1 Å². The van der Waals surface area contributed by atoms with Crippen LogP contribution >= 0.6 is 0 Å². The van der Waals surface area contributed by atoms with E-state index in [0.717, 1.165) is 74.0 Å². The third-order valence-electron chi connectivity index (χ3n) is 12.1. The van der Waals surface area contributed by atoms with Crippen LogP contribution in [0.2, 0.25) is 0 Å². The predicted octanol–water partition coefficient (Wildman–Crippen LogP) is 10.7. The van der Waals surface area contributed by atoms with Crippen molar-refractivity contribution in [3.8, 4) is 11.5 Å². The van der Waals surface area contributed by atoms with Gasteiger partial charge in [0.05, 0.1) is 24.8 Å². The van der Waals surface area contributed by atoms with Gasteiger partial charge in [-0.15, -0.1) is 6.58 Å². The van der Waals surface area contributed by atoms with Crippen molar-refractivity contribution in [1.29, 1.82) is 0 Å². The maximum Gasteiger partial charge on any atom is 0.410 e. The molecule has 6 atom stereocenters. The van der Waals surface area contributed by atoms with E-state index in [4.69, 9.17) is 28.9 Å². The van der Waals surface area contributed by atoms with E-state index < -0.39 is 11.8 Å². The molecule has 1 aliphatic heterocycles. The Morgan fingerprint density at radius 1 is 0.897 bits per heavy atom. The standard InChI is InChI=1S/C48H76N2O8/c1-6-11-12-13-14-15-16-17-18-23-33-55-47(53)50(28-7-2)44-36-42(49-57-10-5)40-34-37(24-19-21-29-51)39(25-20-22-30-52)45-41-35-38(54-31-8-3)26-27-43(41)58-48(44,46(40)45)56-32-9-4/h8-9,26-27,34-35,37,39,44-46,51-52H,3-4,6-7,10-25,28-33,36H2,1-2,5H3. The molecule has 1 fully saturated rings. The van der Waals surface area contributed by atoms with Crippen molar-refractivity contribution < 1.29 is 38.8 Å². The fourth-order valence-corrected chi connectivity index (χ4v) is 9.48. The lowest BCUT2D eigenvalue weighted by Gasteiger charge is -2.59. The first-order valence-electron chi connectivity index (χ1n) is 22.8. The molecule has 3 aliphatic rings. The minimum atomic E-state index is -1.30. The lowest BCUT2D eigenvalue weighted by molar-refractivity contribution is -0.255. The number of amides is 1. The molecule has 2 N–H and O–H groups in total. The van der Waals surface area contributed by atoms with Gasteiger partial charge in [-0.1, -0.05) is 114 Å². The second-order valence-corrected chi connectivity index (χ2v) is 16.3. The van der Waals surface area contributed by atoms with Crippen LogP contribution in [-0.2, 0) is 14.3 Å². The number of unbranched alkanes of at least 4 members (excludes halogenated alkanes) is 11. The second kappa shape index (κ2) is 26.0. The van der Waals surface area contributed by atoms with Crippen molar-refractivity contribution >= 4 is 11.8 Å². The summed E-state index contributed by atoms with van der Waals surface area (Å²) in [4.78, 5) is 22.1. The SMILES string of the molecule is C=CCOc1ccc2c(c1)C1C(CCCCO)C(CCCCO)C=C3C(=NOCC)CC(N(CCC)C(=O)OCCCCCCCCCCCC)C(OCC=C)(O2)C31. The number of hydrogen-bond donors (Lipinski definition) is 2. The summed E-state index contributed by atoms with van der Waals surface area (Å²) in [6.45, 7) is 16.2. The Bertz CT molecular complexity index is 1450. The highest BCUT2D eigenvalue weighted by Gasteiger charge is 2.65. The van der Waals surface area contributed by atoms with Crippen molar-refractivity contribution in [1.82, 2.24) is 4.90 Å². The Morgan fingerprint density at radius 3 is 2.24 bits per heavy atom. The van der Waals surface area contributed by atoms with Crippen LogP contribution in [0.15, 0.2) is 60.3 Å². The van der Waals surface area contributed by atoms with Gasteiger partial charge >= 0.3 is 6.09 Å². The number of allylic oxidation sites excluding steroid dienone is 1. The summed E-state index contributed by atoms with van der Waals surface area (Å²) >= 11 is 0. The number of fused-ring (bicyclic) bond motifs is 2. The number of hydrogen-bond acceptors (Lipinski definition) is 9. The monoisotopic (exact) mass is 809 g/mol. The van der Waals surface area contributed by atoms with Crippen LogP contribution in [0.5, 0.6) is 11.5 Å². The van der Waals surface area contributed by atoms with Crippen LogP contribution in [0.4, 0.5) is 4.79 Å². The lowest BCUT2D eigenvalue weighted by Crippen LogP contribution is -2.70. The highest BCUT2D eigenvalue weighted by atomic mass is 16.7. The molecule has 0 radical (unpaired) electrons. The number of carbonyl (C=O) groups excluding carboxylic acids is 1. The highest BCUT2D eigenvalue weighted by Crippen LogP contribution is 2.62. The number of carbonyl (C=O) groups is 1. The molecule has 0 saturated heterocycles. The van der Waals surface area contributed by atoms with Gasteiger partial charge in [0.1, 0.15) is 30.8 Å². The fraction of sp³-hybridized carbons (Fsp3) is 0.708. The van der Waals surface area contributed by atoms with Gasteiger partial charge in [0.25, 0.3) is 0 Å². The average molecular weight is 809 g/mol. The lowest BCUT2D eigenvalue weighted by atomic mass is 9.55. The van der Waals surface area contributed by atoms with Gasteiger partial charge < -0.3 is 34.0 Å². The predicted molar refractivity (Wildman–Crippen MR) is 232 cm³/mol. The first kappa shape index (κ1) is 47.3. The van der Waals surface area contributed by atoms with Crippen LogP contribution in [0, 0.1) is 17.8 Å². The summed E-state index contributed by atoms with van der Waals surface area (Å²) in [6.07, 6.45) is 23.5. The summed E-state index contributed by atoms with van der Waals surface area (Å²) < 4.78 is 26.5. The van der Waals surface area contributed by atoms with Gasteiger partial charge in [-0.3, -0.25) is 4.90 Å². The topological polar surface area (TPSA) is 119 Å².